The lowest BCUT2D eigenvalue weighted by molar-refractivity contribution is 0.107. The van der Waals surface area contributed by atoms with Crippen LogP contribution in [0.5, 0.6) is 5.75 Å². The fourth-order valence-corrected chi connectivity index (χ4v) is 2.18. The highest BCUT2D eigenvalue weighted by Crippen LogP contribution is 2.23. The molecule has 0 aliphatic rings. The van der Waals surface area contributed by atoms with Gasteiger partial charge in [0.25, 0.3) is 0 Å². The lowest BCUT2D eigenvalue weighted by Crippen LogP contribution is -2.21. The van der Waals surface area contributed by atoms with Crippen molar-refractivity contribution in [3.63, 3.8) is 0 Å². The van der Waals surface area contributed by atoms with Gasteiger partial charge in [-0.25, -0.2) is 4.98 Å². The molecule has 102 valence electrons. The van der Waals surface area contributed by atoms with Gasteiger partial charge in [0.15, 0.2) is 5.82 Å². The Morgan fingerprint density at radius 3 is 2.58 bits per heavy atom. The van der Waals surface area contributed by atoms with E-state index in [-0.39, 0.29) is 0 Å². The smallest absolute Gasteiger partial charge is 0.208 e. The molecule has 6 heteroatoms. The van der Waals surface area contributed by atoms with Crippen LogP contribution < -0.4 is 4.74 Å². The van der Waals surface area contributed by atoms with Crippen molar-refractivity contribution in [2.75, 3.05) is 12.9 Å². The Hall–Kier alpha value is -1.53. The van der Waals surface area contributed by atoms with Crippen LogP contribution in [0.15, 0.2) is 29.4 Å². The number of aromatic amines is 1. The minimum atomic E-state index is -0.731. The van der Waals surface area contributed by atoms with Gasteiger partial charge in [0.05, 0.1) is 12.7 Å². The van der Waals surface area contributed by atoms with E-state index >= 15 is 0 Å². The first-order valence-corrected chi connectivity index (χ1v) is 6.88. The molecule has 0 amide bonds. The summed E-state index contributed by atoms with van der Waals surface area (Å²) >= 11 is 1.42. The second-order valence-electron chi connectivity index (χ2n) is 4.80. The molecule has 0 aliphatic heterocycles. The highest BCUT2D eigenvalue weighted by atomic mass is 32.2. The Balaban J connectivity index is 2.07. The van der Waals surface area contributed by atoms with Crippen molar-refractivity contribution in [3.8, 4) is 17.1 Å². The van der Waals surface area contributed by atoms with Crippen LogP contribution in [-0.2, 0) is 0 Å². The van der Waals surface area contributed by atoms with Gasteiger partial charge in [-0.05, 0) is 38.1 Å². The average molecular weight is 279 g/mol. The van der Waals surface area contributed by atoms with Gasteiger partial charge in [-0.3, -0.25) is 5.10 Å². The van der Waals surface area contributed by atoms with Gasteiger partial charge < -0.3 is 9.84 Å². The van der Waals surface area contributed by atoms with Gasteiger partial charge in [-0.15, -0.1) is 5.10 Å². The molecular formula is C13H17N3O2S. The van der Waals surface area contributed by atoms with Crippen LogP contribution in [0.2, 0.25) is 0 Å². The minimum Gasteiger partial charge on any atom is -0.497 e. The molecule has 0 saturated carbocycles. The summed E-state index contributed by atoms with van der Waals surface area (Å²) in [5.74, 6) is 2.06. The van der Waals surface area contributed by atoms with E-state index in [0.29, 0.717) is 16.7 Å². The molecule has 2 rings (SSSR count). The molecule has 19 heavy (non-hydrogen) atoms. The summed E-state index contributed by atoms with van der Waals surface area (Å²) in [6.45, 7) is 3.52. The van der Waals surface area contributed by atoms with Gasteiger partial charge >= 0.3 is 0 Å². The normalized spacial score (nSPS) is 11.6. The van der Waals surface area contributed by atoms with Crippen molar-refractivity contribution < 1.29 is 9.84 Å². The number of ether oxygens (including phenoxy) is 1. The lowest BCUT2D eigenvalue weighted by Gasteiger charge is -2.14. The number of methoxy groups -OCH3 is 1. The number of hydrogen-bond donors (Lipinski definition) is 2. The van der Waals surface area contributed by atoms with E-state index in [0.717, 1.165) is 11.3 Å². The van der Waals surface area contributed by atoms with Crippen LogP contribution in [0.25, 0.3) is 11.4 Å². The lowest BCUT2D eigenvalue weighted by atomic mass is 10.2. The summed E-state index contributed by atoms with van der Waals surface area (Å²) in [4.78, 5) is 4.38. The van der Waals surface area contributed by atoms with E-state index in [4.69, 9.17) is 4.74 Å². The Kier molecular flexibility index (Phi) is 4.11. The molecule has 1 aromatic carbocycles. The Labute approximate surface area is 116 Å². The maximum Gasteiger partial charge on any atom is 0.208 e. The standard InChI is InChI=1S/C13H17N3O2S/c1-13(2,17)8-19-12-14-11(15-16-12)9-4-6-10(18-3)7-5-9/h4-7,17H,8H2,1-3H3,(H,14,15,16). The van der Waals surface area contributed by atoms with Crippen molar-refractivity contribution in [1.29, 1.82) is 0 Å². The molecule has 0 aliphatic carbocycles. The molecule has 2 aromatic rings. The van der Waals surface area contributed by atoms with Crippen molar-refractivity contribution >= 4 is 11.8 Å². The third-order valence-electron chi connectivity index (χ3n) is 2.38. The summed E-state index contributed by atoms with van der Waals surface area (Å²) in [7, 11) is 1.63. The fourth-order valence-electron chi connectivity index (χ4n) is 1.43. The number of aliphatic hydroxyl groups is 1. The fraction of sp³-hybridized carbons (Fsp3) is 0.385. The molecule has 1 aromatic heterocycles. The predicted octanol–water partition coefficient (Wildman–Crippen LogP) is 2.34. The van der Waals surface area contributed by atoms with Gasteiger partial charge in [0, 0.05) is 11.3 Å². The van der Waals surface area contributed by atoms with Crippen molar-refractivity contribution in [2.45, 2.75) is 24.6 Å². The molecule has 0 atom stereocenters. The Morgan fingerprint density at radius 2 is 2.00 bits per heavy atom. The number of H-pyrrole nitrogens is 1. The molecule has 0 bridgehead atoms. The molecule has 1 heterocycles. The zero-order chi connectivity index (χ0) is 13.9. The number of benzene rings is 1. The number of rotatable bonds is 5. The highest BCUT2D eigenvalue weighted by Gasteiger charge is 2.15. The first-order valence-electron chi connectivity index (χ1n) is 5.90. The molecule has 5 nitrogen and oxygen atoms in total. The van der Waals surface area contributed by atoms with Crippen molar-refractivity contribution in [2.24, 2.45) is 0 Å². The second kappa shape index (κ2) is 5.63. The van der Waals surface area contributed by atoms with E-state index in [9.17, 15) is 5.11 Å². The first-order chi connectivity index (χ1) is 8.98. The van der Waals surface area contributed by atoms with Gasteiger partial charge in [-0.2, -0.15) is 0 Å². The van der Waals surface area contributed by atoms with Crippen LogP contribution >= 0.6 is 11.8 Å². The molecule has 2 N–H and O–H groups in total. The third-order valence-corrected chi connectivity index (χ3v) is 3.67. The van der Waals surface area contributed by atoms with Crippen molar-refractivity contribution in [1.82, 2.24) is 15.2 Å². The predicted molar refractivity (Wildman–Crippen MR) is 75.4 cm³/mol. The van der Waals surface area contributed by atoms with Crippen LogP contribution in [0.1, 0.15) is 13.8 Å². The minimum absolute atomic E-state index is 0.549. The highest BCUT2D eigenvalue weighted by molar-refractivity contribution is 7.99. The summed E-state index contributed by atoms with van der Waals surface area (Å²) in [6, 6.07) is 7.59. The van der Waals surface area contributed by atoms with Crippen molar-refractivity contribution in [3.05, 3.63) is 24.3 Å². The van der Waals surface area contributed by atoms with E-state index in [2.05, 4.69) is 15.2 Å². The summed E-state index contributed by atoms with van der Waals surface area (Å²) in [5, 5.41) is 17.3. The quantitative estimate of drug-likeness (QED) is 0.822. The van der Waals surface area contributed by atoms with Crippen LogP contribution in [0.4, 0.5) is 0 Å². The monoisotopic (exact) mass is 279 g/mol. The largest absolute Gasteiger partial charge is 0.497 e. The number of nitrogens with one attached hydrogen (secondary N) is 1. The molecule has 0 saturated heterocycles. The van der Waals surface area contributed by atoms with Crippen LogP contribution in [0.3, 0.4) is 0 Å². The van der Waals surface area contributed by atoms with Crippen LogP contribution in [-0.4, -0.2) is 38.8 Å². The zero-order valence-corrected chi connectivity index (χ0v) is 12.0. The topological polar surface area (TPSA) is 71.0 Å². The zero-order valence-electron chi connectivity index (χ0n) is 11.2. The van der Waals surface area contributed by atoms with Gasteiger partial charge in [-0.1, -0.05) is 11.8 Å². The van der Waals surface area contributed by atoms with Gasteiger partial charge in [0.2, 0.25) is 5.16 Å². The van der Waals surface area contributed by atoms with Gasteiger partial charge in [0.1, 0.15) is 5.75 Å². The molecular weight excluding hydrogens is 262 g/mol. The number of thioether (sulfide) groups is 1. The Bertz CT molecular complexity index is 532. The van der Waals surface area contributed by atoms with E-state index in [1.807, 2.05) is 24.3 Å². The average Bonchev–Trinajstić information content (AvgIpc) is 2.84. The molecule has 0 unspecified atom stereocenters. The first kappa shape index (κ1) is 13.9. The number of nitrogens with zero attached hydrogens (tertiary/aromatic N) is 2. The van der Waals surface area contributed by atoms with Crippen LogP contribution in [0, 0.1) is 0 Å². The SMILES string of the molecule is COc1ccc(-c2nc(SCC(C)(C)O)n[nH]2)cc1. The number of hydrogen-bond acceptors (Lipinski definition) is 5. The number of aromatic nitrogens is 3. The molecule has 0 radical (unpaired) electrons. The van der Waals surface area contributed by atoms with E-state index in [1.165, 1.54) is 11.8 Å². The summed E-state index contributed by atoms with van der Waals surface area (Å²) in [6.07, 6.45) is 0. The second-order valence-corrected chi connectivity index (χ2v) is 5.74. The molecule has 0 fully saturated rings. The maximum atomic E-state index is 9.66. The Morgan fingerprint density at radius 1 is 1.32 bits per heavy atom. The van der Waals surface area contributed by atoms with E-state index < -0.39 is 5.60 Å². The summed E-state index contributed by atoms with van der Waals surface area (Å²) in [5.41, 5.74) is 0.217. The molecule has 0 spiro atoms. The summed E-state index contributed by atoms with van der Waals surface area (Å²) < 4.78 is 5.11. The maximum absolute atomic E-state index is 9.66. The van der Waals surface area contributed by atoms with E-state index in [1.54, 1.807) is 21.0 Å². The third kappa shape index (κ3) is 3.97.